The van der Waals surface area contributed by atoms with Gasteiger partial charge in [0, 0.05) is 12.2 Å². The summed E-state index contributed by atoms with van der Waals surface area (Å²) in [5.74, 6) is 0.823. The van der Waals surface area contributed by atoms with Crippen LogP contribution >= 0.6 is 0 Å². The van der Waals surface area contributed by atoms with Gasteiger partial charge in [-0.2, -0.15) is 5.10 Å². The van der Waals surface area contributed by atoms with Crippen molar-refractivity contribution in [2.24, 2.45) is 5.92 Å². The molecule has 0 saturated heterocycles. The molecule has 1 aromatic heterocycles. The molecule has 1 heterocycles. The minimum absolute atomic E-state index is 0.535. The lowest BCUT2D eigenvalue weighted by Crippen LogP contribution is -2.39. The Labute approximate surface area is 91.9 Å². The highest BCUT2D eigenvalue weighted by Gasteiger charge is 2.29. The molecule has 0 amide bonds. The van der Waals surface area contributed by atoms with Crippen molar-refractivity contribution in [3.63, 3.8) is 0 Å². The Bertz CT molecular complexity index is 318. The van der Waals surface area contributed by atoms with Gasteiger partial charge in [0.05, 0.1) is 11.7 Å². The molecule has 0 bridgehead atoms. The molecule has 3 heteroatoms. The molecule has 15 heavy (non-hydrogen) atoms. The molecule has 1 fully saturated rings. The molecule has 0 spiro atoms. The fourth-order valence-corrected chi connectivity index (χ4v) is 2.60. The van der Waals surface area contributed by atoms with Crippen LogP contribution in [0.2, 0.25) is 0 Å². The second-order valence-corrected chi connectivity index (χ2v) is 4.82. The average Bonchev–Trinajstić information content (AvgIpc) is 2.65. The molecule has 3 atom stereocenters. The van der Waals surface area contributed by atoms with Crippen LogP contribution in [0.3, 0.4) is 0 Å². The third-order valence-corrected chi connectivity index (χ3v) is 3.53. The molecule has 1 saturated carbocycles. The lowest BCUT2D eigenvalue weighted by atomic mass is 9.83. The summed E-state index contributed by atoms with van der Waals surface area (Å²) in [6.45, 7) is 4.40. The Balaban J connectivity index is 2.16. The number of hydrogen-bond acceptors (Lipinski definition) is 2. The van der Waals surface area contributed by atoms with Crippen molar-refractivity contribution in [1.29, 1.82) is 0 Å². The van der Waals surface area contributed by atoms with Crippen LogP contribution in [0.15, 0.2) is 12.3 Å². The van der Waals surface area contributed by atoms with E-state index in [-0.39, 0.29) is 0 Å². The summed E-state index contributed by atoms with van der Waals surface area (Å²) in [4.78, 5) is 0. The van der Waals surface area contributed by atoms with Gasteiger partial charge in [-0.3, -0.25) is 4.68 Å². The fraction of sp³-hybridized carbons (Fsp3) is 0.750. The molecule has 0 aliphatic heterocycles. The molecule has 0 aromatic carbocycles. The van der Waals surface area contributed by atoms with Gasteiger partial charge >= 0.3 is 0 Å². The maximum Gasteiger partial charge on any atom is 0.0674 e. The summed E-state index contributed by atoms with van der Waals surface area (Å²) >= 11 is 0. The van der Waals surface area contributed by atoms with E-state index in [4.69, 9.17) is 0 Å². The smallest absolute Gasteiger partial charge is 0.0674 e. The number of nitrogens with zero attached hydrogens (tertiary/aromatic N) is 2. The zero-order valence-electron chi connectivity index (χ0n) is 9.90. The fourth-order valence-electron chi connectivity index (χ4n) is 2.60. The van der Waals surface area contributed by atoms with Gasteiger partial charge < -0.3 is 5.32 Å². The van der Waals surface area contributed by atoms with E-state index in [9.17, 15) is 0 Å². The monoisotopic (exact) mass is 207 g/mol. The van der Waals surface area contributed by atoms with Gasteiger partial charge in [0.25, 0.3) is 0 Å². The number of likely N-dealkylation sites (N-methyl/N-ethyl adjacent to an activating group) is 1. The van der Waals surface area contributed by atoms with E-state index in [2.05, 4.69) is 48.3 Å². The number of hydrogen-bond donors (Lipinski definition) is 1. The maximum atomic E-state index is 4.54. The predicted molar refractivity (Wildman–Crippen MR) is 61.9 cm³/mol. The highest BCUT2D eigenvalue weighted by molar-refractivity contribution is 4.98. The van der Waals surface area contributed by atoms with Gasteiger partial charge in [-0.25, -0.2) is 0 Å². The summed E-state index contributed by atoms with van der Waals surface area (Å²) in [6.07, 6.45) is 5.96. The topological polar surface area (TPSA) is 29.9 Å². The summed E-state index contributed by atoms with van der Waals surface area (Å²) in [5.41, 5.74) is 1.11. The SMILES string of the molecule is CNC1CCC(C)CC1n1ccc(C)n1. The molecule has 3 nitrogen and oxygen atoms in total. The van der Waals surface area contributed by atoms with Gasteiger partial charge in [0.1, 0.15) is 0 Å². The van der Waals surface area contributed by atoms with Gasteiger partial charge in [0.15, 0.2) is 0 Å². The Morgan fingerprint density at radius 3 is 2.87 bits per heavy atom. The van der Waals surface area contributed by atoms with Crippen LogP contribution in [-0.2, 0) is 0 Å². The standard InChI is InChI=1S/C12H21N3/c1-9-4-5-11(13-3)12(8-9)15-7-6-10(2)14-15/h6-7,9,11-13H,4-5,8H2,1-3H3. The van der Waals surface area contributed by atoms with E-state index in [1.54, 1.807) is 0 Å². The average molecular weight is 207 g/mol. The van der Waals surface area contributed by atoms with Gasteiger partial charge in [-0.15, -0.1) is 0 Å². The van der Waals surface area contributed by atoms with Crippen LogP contribution in [0.1, 0.15) is 37.9 Å². The van der Waals surface area contributed by atoms with Crippen LogP contribution < -0.4 is 5.32 Å². The van der Waals surface area contributed by atoms with Crippen molar-refractivity contribution in [1.82, 2.24) is 15.1 Å². The highest BCUT2D eigenvalue weighted by atomic mass is 15.3. The van der Waals surface area contributed by atoms with Crippen molar-refractivity contribution < 1.29 is 0 Å². The summed E-state index contributed by atoms with van der Waals surface area (Å²) in [6, 6.07) is 3.21. The first-order valence-electron chi connectivity index (χ1n) is 5.89. The van der Waals surface area contributed by atoms with E-state index < -0.39 is 0 Å². The number of aryl methyl sites for hydroxylation is 1. The maximum absolute atomic E-state index is 4.54. The van der Waals surface area contributed by atoms with Crippen LogP contribution in [0.5, 0.6) is 0 Å². The Hall–Kier alpha value is -0.830. The number of aromatic nitrogens is 2. The van der Waals surface area contributed by atoms with Crippen LogP contribution in [-0.4, -0.2) is 22.9 Å². The van der Waals surface area contributed by atoms with E-state index in [1.165, 1.54) is 19.3 Å². The van der Waals surface area contributed by atoms with Gasteiger partial charge in [0.2, 0.25) is 0 Å². The number of rotatable bonds is 2. The first kappa shape index (κ1) is 10.7. The van der Waals surface area contributed by atoms with Crippen molar-refractivity contribution in [3.8, 4) is 0 Å². The predicted octanol–water partition coefficient (Wildman–Crippen LogP) is 2.14. The normalized spacial score (nSPS) is 31.8. The summed E-state index contributed by atoms with van der Waals surface area (Å²) < 4.78 is 2.14. The quantitative estimate of drug-likeness (QED) is 0.805. The molecule has 1 N–H and O–H groups in total. The van der Waals surface area contributed by atoms with Crippen LogP contribution in [0, 0.1) is 12.8 Å². The van der Waals surface area contributed by atoms with E-state index in [0.29, 0.717) is 12.1 Å². The second kappa shape index (κ2) is 4.35. The summed E-state index contributed by atoms with van der Waals surface area (Å²) in [7, 11) is 2.06. The molecule has 2 rings (SSSR count). The second-order valence-electron chi connectivity index (χ2n) is 4.82. The number of nitrogens with one attached hydrogen (secondary N) is 1. The lowest BCUT2D eigenvalue weighted by Gasteiger charge is -2.34. The van der Waals surface area contributed by atoms with Crippen molar-refractivity contribution >= 4 is 0 Å². The Kier molecular flexibility index (Phi) is 3.10. The largest absolute Gasteiger partial charge is 0.315 e. The minimum atomic E-state index is 0.535. The molecule has 1 aliphatic rings. The molecular weight excluding hydrogens is 186 g/mol. The first-order valence-corrected chi connectivity index (χ1v) is 5.89. The molecule has 0 radical (unpaired) electrons. The van der Waals surface area contributed by atoms with Gasteiger partial charge in [-0.05, 0) is 45.2 Å². The zero-order chi connectivity index (χ0) is 10.8. The zero-order valence-corrected chi connectivity index (χ0v) is 9.90. The third kappa shape index (κ3) is 2.23. The van der Waals surface area contributed by atoms with Crippen LogP contribution in [0.25, 0.3) is 0 Å². The molecule has 84 valence electrons. The van der Waals surface area contributed by atoms with E-state index >= 15 is 0 Å². The lowest BCUT2D eigenvalue weighted by molar-refractivity contribution is 0.210. The van der Waals surface area contributed by atoms with Crippen molar-refractivity contribution in [2.45, 2.75) is 45.2 Å². The molecular formula is C12H21N3. The highest BCUT2D eigenvalue weighted by Crippen LogP contribution is 2.32. The van der Waals surface area contributed by atoms with Gasteiger partial charge in [-0.1, -0.05) is 6.92 Å². The third-order valence-electron chi connectivity index (χ3n) is 3.53. The Morgan fingerprint density at radius 1 is 1.47 bits per heavy atom. The molecule has 3 unspecified atom stereocenters. The molecule has 1 aliphatic carbocycles. The Morgan fingerprint density at radius 2 is 2.27 bits per heavy atom. The van der Waals surface area contributed by atoms with E-state index in [0.717, 1.165) is 11.6 Å². The van der Waals surface area contributed by atoms with Crippen LogP contribution in [0.4, 0.5) is 0 Å². The van der Waals surface area contributed by atoms with Crippen molar-refractivity contribution in [2.75, 3.05) is 7.05 Å². The molecule has 1 aromatic rings. The van der Waals surface area contributed by atoms with E-state index in [1.807, 2.05) is 0 Å². The first-order chi connectivity index (χ1) is 7.20. The minimum Gasteiger partial charge on any atom is -0.315 e. The van der Waals surface area contributed by atoms with Crippen molar-refractivity contribution in [3.05, 3.63) is 18.0 Å². The summed E-state index contributed by atoms with van der Waals surface area (Å²) in [5, 5.41) is 7.97.